The Morgan fingerprint density at radius 1 is 1.55 bits per heavy atom. The SMILES string of the molecule is NNC1=NS(=O)(=O)NC(=O)N1. The van der Waals surface area contributed by atoms with Gasteiger partial charge in [0.05, 0.1) is 0 Å². The highest BCUT2D eigenvalue weighted by Crippen LogP contribution is 1.90. The Bertz CT molecular complexity index is 304. The van der Waals surface area contributed by atoms with Crippen LogP contribution in [0.25, 0.3) is 0 Å². The number of amides is 2. The molecule has 0 radical (unpaired) electrons. The minimum atomic E-state index is -3.91. The van der Waals surface area contributed by atoms with Crippen LogP contribution in [0.1, 0.15) is 0 Å². The van der Waals surface area contributed by atoms with Crippen molar-refractivity contribution in [2.75, 3.05) is 0 Å². The normalized spacial score (nSPS) is 21.2. The van der Waals surface area contributed by atoms with Crippen LogP contribution in [0.3, 0.4) is 0 Å². The maximum atomic E-state index is 10.6. The van der Waals surface area contributed by atoms with Crippen molar-refractivity contribution in [3.05, 3.63) is 0 Å². The zero-order valence-corrected chi connectivity index (χ0v) is 5.97. The molecule has 0 aliphatic carbocycles. The van der Waals surface area contributed by atoms with E-state index in [1.165, 1.54) is 0 Å². The van der Waals surface area contributed by atoms with Gasteiger partial charge in [0.15, 0.2) is 0 Å². The zero-order chi connectivity index (χ0) is 8.48. The average molecular weight is 179 g/mol. The van der Waals surface area contributed by atoms with E-state index in [2.05, 4.69) is 4.40 Å². The van der Waals surface area contributed by atoms with Crippen LogP contribution in [0.4, 0.5) is 4.79 Å². The molecule has 0 aromatic carbocycles. The lowest BCUT2D eigenvalue weighted by Gasteiger charge is -2.12. The third kappa shape index (κ3) is 1.78. The molecule has 1 heterocycles. The quantitative estimate of drug-likeness (QED) is 0.239. The van der Waals surface area contributed by atoms with E-state index >= 15 is 0 Å². The third-order valence-electron chi connectivity index (χ3n) is 0.802. The van der Waals surface area contributed by atoms with Gasteiger partial charge in [-0.15, -0.1) is 4.40 Å². The first-order valence-electron chi connectivity index (χ1n) is 2.44. The highest BCUT2D eigenvalue weighted by molar-refractivity contribution is 7.89. The minimum absolute atomic E-state index is 0.311. The number of urea groups is 1. The maximum Gasteiger partial charge on any atom is 0.349 e. The Balaban J connectivity index is 3.01. The fourth-order valence-electron chi connectivity index (χ4n) is 0.478. The molecule has 1 rings (SSSR count). The number of hydrazine groups is 1. The molecule has 2 amide bonds. The summed E-state index contributed by atoms with van der Waals surface area (Å²) in [7, 11) is -3.91. The average Bonchev–Trinajstić information content (AvgIpc) is 1.83. The van der Waals surface area contributed by atoms with Crippen LogP contribution in [0.15, 0.2) is 4.40 Å². The van der Waals surface area contributed by atoms with Gasteiger partial charge >= 0.3 is 16.2 Å². The Morgan fingerprint density at radius 3 is 2.64 bits per heavy atom. The molecule has 1 aliphatic heterocycles. The lowest BCUT2D eigenvalue weighted by molar-refractivity contribution is 0.249. The zero-order valence-electron chi connectivity index (χ0n) is 5.16. The second-order valence-electron chi connectivity index (χ2n) is 1.62. The first-order valence-corrected chi connectivity index (χ1v) is 3.88. The number of nitrogens with zero attached hydrogens (tertiary/aromatic N) is 1. The van der Waals surface area contributed by atoms with Crippen molar-refractivity contribution in [2.45, 2.75) is 0 Å². The summed E-state index contributed by atoms with van der Waals surface area (Å²) >= 11 is 0. The first-order chi connectivity index (χ1) is 5.03. The topological polar surface area (TPSA) is 126 Å². The number of carbonyl (C=O) groups is 1. The lowest BCUT2D eigenvalue weighted by atomic mass is 10.9. The van der Waals surface area contributed by atoms with Crippen molar-refractivity contribution in [3.8, 4) is 0 Å². The second kappa shape index (κ2) is 2.36. The summed E-state index contributed by atoms with van der Waals surface area (Å²) in [4.78, 5) is 10.5. The molecule has 9 heteroatoms. The number of hydrogen-bond donors (Lipinski definition) is 4. The Morgan fingerprint density at radius 2 is 2.18 bits per heavy atom. The van der Waals surface area contributed by atoms with Crippen LogP contribution in [-0.4, -0.2) is 20.4 Å². The van der Waals surface area contributed by atoms with E-state index in [1.807, 2.05) is 10.7 Å². The second-order valence-corrected chi connectivity index (χ2v) is 2.95. The van der Waals surface area contributed by atoms with Crippen molar-refractivity contribution in [1.29, 1.82) is 0 Å². The number of guanidine groups is 1. The molecule has 11 heavy (non-hydrogen) atoms. The van der Waals surface area contributed by atoms with E-state index in [9.17, 15) is 13.2 Å². The van der Waals surface area contributed by atoms with Crippen LogP contribution < -0.4 is 21.3 Å². The predicted molar refractivity (Wildman–Crippen MR) is 35.3 cm³/mol. The molecular weight excluding hydrogens is 174 g/mol. The van der Waals surface area contributed by atoms with Gasteiger partial charge in [0, 0.05) is 0 Å². The van der Waals surface area contributed by atoms with Crippen molar-refractivity contribution in [3.63, 3.8) is 0 Å². The summed E-state index contributed by atoms with van der Waals surface area (Å²) in [6, 6.07) is -0.895. The fourth-order valence-corrected chi connectivity index (χ4v) is 1.15. The van der Waals surface area contributed by atoms with Gasteiger partial charge in [0.2, 0.25) is 5.96 Å². The van der Waals surface area contributed by atoms with Crippen molar-refractivity contribution < 1.29 is 13.2 Å². The number of rotatable bonds is 0. The van der Waals surface area contributed by atoms with E-state index in [0.717, 1.165) is 0 Å². The largest absolute Gasteiger partial charge is 0.349 e. The van der Waals surface area contributed by atoms with E-state index in [1.54, 1.807) is 4.72 Å². The van der Waals surface area contributed by atoms with Gasteiger partial charge in [-0.3, -0.25) is 10.7 Å². The summed E-state index contributed by atoms with van der Waals surface area (Å²) in [6.07, 6.45) is 0. The molecule has 0 unspecified atom stereocenters. The van der Waals surface area contributed by atoms with Crippen molar-refractivity contribution in [2.24, 2.45) is 10.2 Å². The molecule has 62 valence electrons. The van der Waals surface area contributed by atoms with Gasteiger partial charge in [-0.2, -0.15) is 8.42 Å². The number of carbonyl (C=O) groups excluding carboxylic acids is 1. The Kier molecular flexibility index (Phi) is 1.66. The van der Waals surface area contributed by atoms with Gasteiger partial charge in [-0.25, -0.2) is 15.4 Å². The number of hydrogen-bond acceptors (Lipinski definition) is 5. The summed E-state index contributed by atoms with van der Waals surface area (Å²) in [6.45, 7) is 0. The molecule has 0 bridgehead atoms. The molecular formula is C2H5N5O3S. The minimum Gasteiger partial charge on any atom is -0.293 e. The van der Waals surface area contributed by atoms with E-state index in [0.29, 0.717) is 0 Å². The molecule has 0 atom stereocenters. The van der Waals surface area contributed by atoms with Gasteiger partial charge in [-0.05, 0) is 0 Å². The molecule has 0 aromatic heterocycles. The predicted octanol–water partition coefficient (Wildman–Crippen LogP) is -2.64. The summed E-state index contributed by atoms with van der Waals surface area (Å²) in [5, 5.41) is 2.01. The molecule has 0 spiro atoms. The first kappa shape index (κ1) is 7.75. The number of nitrogens with two attached hydrogens (primary N) is 1. The summed E-state index contributed by atoms with van der Waals surface area (Å²) in [5.41, 5.74) is 1.89. The van der Waals surface area contributed by atoms with E-state index in [-0.39, 0.29) is 5.96 Å². The van der Waals surface area contributed by atoms with Gasteiger partial charge < -0.3 is 0 Å². The van der Waals surface area contributed by atoms with Gasteiger partial charge in [-0.1, -0.05) is 0 Å². The molecule has 0 fully saturated rings. The van der Waals surface area contributed by atoms with Crippen molar-refractivity contribution in [1.82, 2.24) is 15.5 Å². The third-order valence-corrected chi connectivity index (χ3v) is 1.67. The van der Waals surface area contributed by atoms with Crippen molar-refractivity contribution >= 4 is 22.2 Å². The summed E-state index contributed by atoms with van der Waals surface area (Å²) < 4.78 is 25.7. The molecule has 1 aliphatic rings. The lowest BCUT2D eigenvalue weighted by Crippen LogP contribution is -2.53. The fraction of sp³-hybridized carbons (Fsp3) is 0. The molecule has 0 saturated carbocycles. The van der Waals surface area contributed by atoms with Crippen LogP contribution in [0, 0.1) is 0 Å². The Labute approximate surface area is 62.0 Å². The van der Waals surface area contributed by atoms with Crippen LogP contribution in [0.5, 0.6) is 0 Å². The van der Waals surface area contributed by atoms with Crippen LogP contribution in [0.2, 0.25) is 0 Å². The van der Waals surface area contributed by atoms with Crippen LogP contribution in [-0.2, 0) is 10.2 Å². The molecule has 0 aromatic rings. The molecule has 0 saturated heterocycles. The van der Waals surface area contributed by atoms with E-state index < -0.39 is 16.2 Å². The van der Waals surface area contributed by atoms with E-state index in [4.69, 9.17) is 5.84 Å². The van der Waals surface area contributed by atoms with Crippen LogP contribution >= 0.6 is 0 Å². The maximum absolute atomic E-state index is 10.6. The monoisotopic (exact) mass is 179 g/mol. The standard InChI is InChI=1S/C2H5N5O3S/c3-5-1-4-2(8)7-11(9,10)6-1/h3H2,(H3,4,5,6,7,8). The summed E-state index contributed by atoms with van der Waals surface area (Å²) in [5.74, 6) is 4.49. The number of nitrogens with one attached hydrogen (secondary N) is 3. The smallest absolute Gasteiger partial charge is 0.293 e. The van der Waals surface area contributed by atoms with Gasteiger partial charge in [0.25, 0.3) is 0 Å². The highest BCUT2D eigenvalue weighted by atomic mass is 32.2. The molecule has 8 nitrogen and oxygen atoms in total. The van der Waals surface area contributed by atoms with Gasteiger partial charge in [0.1, 0.15) is 0 Å². The highest BCUT2D eigenvalue weighted by Gasteiger charge is 2.21. The molecule has 5 N–H and O–H groups in total. The Hall–Kier alpha value is -1.35.